The molecule has 4 heteroatoms. The second-order valence-corrected chi connectivity index (χ2v) is 6.87. The highest BCUT2D eigenvalue weighted by Crippen LogP contribution is 2.26. The van der Waals surface area contributed by atoms with E-state index < -0.39 is 6.10 Å². The van der Waals surface area contributed by atoms with Crippen molar-refractivity contribution in [1.82, 2.24) is 5.32 Å². The van der Waals surface area contributed by atoms with E-state index in [2.05, 4.69) is 17.4 Å². The summed E-state index contributed by atoms with van der Waals surface area (Å²) in [6, 6.07) is 13.7. The van der Waals surface area contributed by atoms with Gasteiger partial charge in [0, 0.05) is 11.6 Å². The highest BCUT2D eigenvalue weighted by Gasteiger charge is 2.19. The predicted molar refractivity (Wildman–Crippen MR) is 101 cm³/mol. The minimum atomic E-state index is -0.496. The molecule has 132 valence electrons. The van der Waals surface area contributed by atoms with Gasteiger partial charge in [0.15, 0.2) is 6.10 Å². The van der Waals surface area contributed by atoms with E-state index in [1.54, 1.807) is 0 Å². The van der Waals surface area contributed by atoms with Crippen LogP contribution in [0.4, 0.5) is 0 Å². The number of carbonyl (C=O) groups excluding carboxylic acids is 1. The summed E-state index contributed by atoms with van der Waals surface area (Å²) in [4.78, 5) is 12.5. The molecule has 0 saturated carbocycles. The third-order valence-electron chi connectivity index (χ3n) is 4.67. The zero-order chi connectivity index (χ0) is 17.6. The molecule has 1 unspecified atom stereocenters. The molecule has 0 spiro atoms. The quantitative estimate of drug-likeness (QED) is 0.814. The van der Waals surface area contributed by atoms with E-state index in [4.69, 9.17) is 16.3 Å². The predicted octanol–water partition coefficient (Wildman–Crippen LogP) is 4.69. The normalized spacial score (nSPS) is 14.5. The molecular weight excluding hydrogens is 334 g/mol. The van der Waals surface area contributed by atoms with Gasteiger partial charge in [0.1, 0.15) is 5.75 Å². The molecule has 3 rings (SSSR count). The fraction of sp³-hybridized carbons (Fsp3) is 0.381. The molecule has 1 N–H and O–H groups in total. The number of halogens is 1. The van der Waals surface area contributed by atoms with Crippen LogP contribution in [0, 0.1) is 0 Å². The Kier molecular flexibility index (Phi) is 5.98. The molecule has 2 aromatic rings. The van der Waals surface area contributed by atoms with Crippen molar-refractivity contribution < 1.29 is 9.53 Å². The lowest BCUT2D eigenvalue weighted by Gasteiger charge is -2.20. The van der Waals surface area contributed by atoms with Crippen molar-refractivity contribution >= 4 is 17.5 Å². The fourth-order valence-corrected chi connectivity index (χ4v) is 3.41. The van der Waals surface area contributed by atoms with Crippen molar-refractivity contribution in [2.75, 3.05) is 0 Å². The number of hydrogen-bond donors (Lipinski definition) is 1. The van der Waals surface area contributed by atoms with Gasteiger partial charge in [-0.05, 0) is 67.0 Å². The largest absolute Gasteiger partial charge is 0.481 e. The molecule has 0 radical (unpaired) electrons. The third-order valence-corrected chi connectivity index (χ3v) is 5.04. The number of aryl methyl sites for hydroxylation is 2. The Balaban J connectivity index is 1.62. The lowest BCUT2D eigenvalue weighted by molar-refractivity contribution is -0.128. The summed E-state index contributed by atoms with van der Waals surface area (Å²) >= 11 is 6.14. The first kappa shape index (κ1) is 17.8. The highest BCUT2D eigenvalue weighted by atomic mass is 35.5. The van der Waals surface area contributed by atoms with Gasteiger partial charge in [-0.1, -0.05) is 42.8 Å². The molecule has 0 fully saturated rings. The van der Waals surface area contributed by atoms with Gasteiger partial charge in [0.2, 0.25) is 0 Å². The summed E-state index contributed by atoms with van der Waals surface area (Å²) < 4.78 is 5.97. The van der Waals surface area contributed by atoms with Gasteiger partial charge in [-0.25, -0.2) is 0 Å². The maximum absolute atomic E-state index is 12.5. The zero-order valence-corrected chi connectivity index (χ0v) is 15.3. The Labute approximate surface area is 154 Å². The van der Waals surface area contributed by atoms with Gasteiger partial charge in [-0.3, -0.25) is 4.79 Å². The maximum Gasteiger partial charge on any atom is 0.261 e. The number of rotatable bonds is 6. The fourth-order valence-electron chi connectivity index (χ4n) is 3.21. The van der Waals surface area contributed by atoms with Crippen molar-refractivity contribution in [3.8, 4) is 5.75 Å². The molecule has 0 saturated heterocycles. The topological polar surface area (TPSA) is 38.3 Å². The van der Waals surface area contributed by atoms with E-state index in [-0.39, 0.29) is 5.91 Å². The monoisotopic (exact) mass is 357 g/mol. The second-order valence-electron chi connectivity index (χ2n) is 6.46. The highest BCUT2D eigenvalue weighted by molar-refractivity contribution is 6.31. The molecule has 25 heavy (non-hydrogen) atoms. The lowest BCUT2D eigenvalue weighted by atomic mass is 9.92. The minimum Gasteiger partial charge on any atom is -0.481 e. The molecular formula is C21H24ClNO2. The minimum absolute atomic E-state index is 0.111. The first-order chi connectivity index (χ1) is 12.2. The summed E-state index contributed by atoms with van der Waals surface area (Å²) in [5.74, 6) is 0.667. The molecule has 2 aromatic carbocycles. The molecule has 0 bridgehead atoms. The first-order valence-corrected chi connectivity index (χ1v) is 9.34. The Morgan fingerprint density at radius 3 is 2.68 bits per heavy atom. The van der Waals surface area contributed by atoms with Crippen molar-refractivity contribution in [2.24, 2.45) is 0 Å². The van der Waals surface area contributed by atoms with Gasteiger partial charge in [0.05, 0.1) is 0 Å². The van der Waals surface area contributed by atoms with Crippen LogP contribution in [0.2, 0.25) is 5.02 Å². The number of carbonyl (C=O) groups is 1. The number of benzene rings is 2. The van der Waals surface area contributed by atoms with Crippen LogP contribution in [-0.4, -0.2) is 12.0 Å². The van der Waals surface area contributed by atoms with Crippen molar-refractivity contribution in [2.45, 2.75) is 51.7 Å². The third kappa shape index (κ3) is 4.55. The SMILES string of the molecule is CCC(Oc1ccc2c(c1)CCCC2)C(=O)NCc1ccccc1Cl. The Hall–Kier alpha value is -2.00. The van der Waals surface area contributed by atoms with E-state index in [0.717, 1.165) is 24.2 Å². The standard InChI is InChI=1S/C21H24ClNO2/c1-2-20(21(24)23-14-17-9-5-6-10-19(17)22)25-18-12-11-15-7-3-4-8-16(15)13-18/h5-6,9-13,20H,2-4,7-8,14H2,1H3,(H,23,24). The number of fused-ring (bicyclic) bond motifs is 1. The number of hydrogen-bond acceptors (Lipinski definition) is 2. The van der Waals surface area contributed by atoms with Crippen LogP contribution in [0.15, 0.2) is 42.5 Å². The van der Waals surface area contributed by atoms with E-state index in [1.807, 2.05) is 37.3 Å². The molecule has 1 aliphatic rings. The van der Waals surface area contributed by atoms with Crippen molar-refractivity contribution in [3.05, 3.63) is 64.2 Å². The van der Waals surface area contributed by atoms with Crippen LogP contribution in [0.3, 0.4) is 0 Å². The van der Waals surface area contributed by atoms with Crippen molar-refractivity contribution in [3.63, 3.8) is 0 Å². The average Bonchev–Trinajstić information content (AvgIpc) is 2.65. The van der Waals surface area contributed by atoms with Gasteiger partial charge in [0.25, 0.3) is 5.91 Å². The molecule has 1 amide bonds. The van der Waals surface area contributed by atoms with E-state index in [9.17, 15) is 4.79 Å². The Morgan fingerprint density at radius 1 is 1.16 bits per heavy atom. The summed E-state index contributed by atoms with van der Waals surface area (Å²) in [6.07, 6.45) is 4.85. The van der Waals surface area contributed by atoms with Crippen LogP contribution in [0.25, 0.3) is 0 Å². The van der Waals surface area contributed by atoms with Crippen LogP contribution < -0.4 is 10.1 Å². The number of amides is 1. The smallest absolute Gasteiger partial charge is 0.261 e. The average molecular weight is 358 g/mol. The van der Waals surface area contributed by atoms with Crippen LogP contribution in [0.1, 0.15) is 42.9 Å². The Bertz CT molecular complexity index is 744. The van der Waals surface area contributed by atoms with Gasteiger partial charge in [-0.2, -0.15) is 0 Å². The zero-order valence-electron chi connectivity index (χ0n) is 14.6. The Morgan fingerprint density at radius 2 is 1.92 bits per heavy atom. The van der Waals surface area contributed by atoms with Gasteiger partial charge >= 0.3 is 0 Å². The summed E-state index contributed by atoms with van der Waals surface area (Å²) in [6.45, 7) is 2.36. The lowest BCUT2D eigenvalue weighted by Crippen LogP contribution is -2.37. The molecule has 0 aromatic heterocycles. The molecule has 3 nitrogen and oxygen atoms in total. The van der Waals surface area contributed by atoms with Crippen LogP contribution >= 0.6 is 11.6 Å². The summed E-state index contributed by atoms with van der Waals surface area (Å²) in [5.41, 5.74) is 3.67. The summed E-state index contributed by atoms with van der Waals surface area (Å²) in [5, 5.41) is 3.58. The molecule has 1 atom stereocenters. The van der Waals surface area contributed by atoms with Crippen LogP contribution in [-0.2, 0) is 24.2 Å². The van der Waals surface area contributed by atoms with Crippen molar-refractivity contribution in [1.29, 1.82) is 0 Å². The number of nitrogens with one attached hydrogen (secondary N) is 1. The second kappa shape index (κ2) is 8.39. The maximum atomic E-state index is 12.5. The molecule has 1 aliphatic carbocycles. The molecule has 0 heterocycles. The van der Waals surface area contributed by atoms with Crippen LogP contribution in [0.5, 0.6) is 5.75 Å². The van der Waals surface area contributed by atoms with Gasteiger partial charge < -0.3 is 10.1 Å². The van der Waals surface area contributed by atoms with E-state index in [0.29, 0.717) is 18.0 Å². The van der Waals surface area contributed by atoms with E-state index in [1.165, 1.54) is 24.0 Å². The summed E-state index contributed by atoms with van der Waals surface area (Å²) in [7, 11) is 0. The number of ether oxygens (including phenoxy) is 1. The molecule has 0 aliphatic heterocycles. The first-order valence-electron chi connectivity index (χ1n) is 8.97. The van der Waals surface area contributed by atoms with Gasteiger partial charge in [-0.15, -0.1) is 0 Å². The van der Waals surface area contributed by atoms with E-state index >= 15 is 0 Å².